The van der Waals surface area contributed by atoms with Crippen molar-refractivity contribution in [3.8, 4) is 0 Å². The van der Waals surface area contributed by atoms with E-state index in [9.17, 15) is 0 Å². The Hall–Kier alpha value is -0.420. The summed E-state index contributed by atoms with van der Waals surface area (Å²) >= 11 is 3.52. The Labute approximate surface area is 105 Å². The van der Waals surface area contributed by atoms with E-state index in [0.717, 1.165) is 11.0 Å². The molecular formula is C12H18BrNO2. The Morgan fingerprint density at radius 2 is 2.00 bits per heavy atom. The molecular weight excluding hydrogens is 270 g/mol. The molecule has 3 nitrogen and oxygen atoms in total. The smallest absolute Gasteiger partial charge is 0.169 e. The lowest BCUT2D eigenvalue weighted by Gasteiger charge is -2.15. The Balaban J connectivity index is 2.46. The van der Waals surface area contributed by atoms with Gasteiger partial charge in [0.15, 0.2) is 6.29 Å². The van der Waals surface area contributed by atoms with E-state index in [1.165, 1.54) is 11.1 Å². The van der Waals surface area contributed by atoms with Crippen LogP contribution in [0.25, 0.3) is 0 Å². The number of methoxy groups -OCH3 is 2. The average Bonchev–Trinajstić information content (AvgIpc) is 2.30. The van der Waals surface area contributed by atoms with Crippen LogP contribution in [0.1, 0.15) is 11.1 Å². The normalized spacial score (nSPS) is 11.1. The first kappa shape index (κ1) is 13.6. The van der Waals surface area contributed by atoms with Crippen molar-refractivity contribution < 1.29 is 9.47 Å². The summed E-state index contributed by atoms with van der Waals surface area (Å²) in [5, 5.41) is 3.30. The van der Waals surface area contributed by atoms with E-state index >= 15 is 0 Å². The third kappa shape index (κ3) is 3.87. The SMILES string of the molecule is COC(CNCc1cccc(Br)c1C)OC. The fraction of sp³-hybridized carbons (Fsp3) is 0.500. The van der Waals surface area contributed by atoms with Gasteiger partial charge in [-0.3, -0.25) is 0 Å². The Bertz CT molecular complexity index is 327. The minimum Gasteiger partial charge on any atom is -0.355 e. The number of hydrogen-bond donors (Lipinski definition) is 1. The number of rotatable bonds is 6. The lowest BCUT2D eigenvalue weighted by Crippen LogP contribution is -2.29. The van der Waals surface area contributed by atoms with Gasteiger partial charge in [0.05, 0.1) is 0 Å². The van der Waals surface area contributed by atoms with Crippen molar-refractivity contribution in [2.24, 2.45) is 0 Å². The van der Waals surface area contributed by atoms with Gasteiger partial charge in [0.25, 0.3) is 0 Å². The molecule has 0 aliphatic heterocycles. The van der Waals surface area contributed by atoms with E-state index in [0.29, 0.717) is 6.54 Å². The maximum Gasteiger partial charge on any atom is 0.169 e. The van der Waals surface area contributed by atoms with Gasteiger partial charge in [-0.25, -0.2) is 0 Å². The van der Waals surface area contributed by atoms with Crippen molar-refractivity contribution in [2.45, 2.75) is 19.8 Å². The summed E-state index contributed by atoms with van der Waals surface area (Å²) in [7, 11) is 3.28. The second-order valence-electron chi connectivity index (χ2n) is 3.56. The maximum absolute atomic E-state index is 5.10. The van der Waals surface area contributed by atoms with E-state index in [1.54, 1.807) is 14.2 Å². The molecule has 1 rings (SSSR count). The molecule has 0 spiro atoms. The average molecular weight is 288 g/mol. The lowest BCUT2D eigenvalue weighted by atomic mass is 10.1. The molecule has 0 saturated carbocycles. The first-order valence-electron chi connectivity index (χ1n) is 5.19. The van der Waals surface area contributed by atoms with Gasteiger partial charge in [-0.05, 0) is 24.1 Å². The first-order chi connectivity index (χ1) is 7.69. The number of halogens is 1. The second kappa shape index (κ2) is 7.01. The molecule has 4 heteroatoms. The van der Waals surface area contributed by atoms with Gasteiger partial charge in [-0.15, -0.1) is 0 Å². The molecule has 0 unspecified atom stereocenters. The molecule has 1 N–H and O–H groups in total. The predicted octanol–water partition coefficient (Wildman–Crippen LogP) is 2.47. The fourth-order valence-corrected chi connectivity index (χ4v) is 1.84. The molecule has 0 heterocycles. The first-order valence-corrected chi connectivity index (χ1v) is 5.98. The van der Waals surface area contributed by atoms with Gasteiger partial charge < -0.3 is 14.8 Å². The van der Waals surface area contributed by atoms with Crippen molar-refractivity contribution in [2.75, 3.05) is 20.8 Å². The third-order valence-electron chi connectivity index (χ3n) is 2.53. The highest BCUT2D eigenvalue weighted by Gasteiger charge is 2.05. The monoisotopic (exact) mass is 287 g/mol. The summed E-state index contributed by atoms with van der Waals surface area (Å²) < 4.78 is 11.3. The van der Waals surface area contributed by atoms with Crippen LogP contribution in [0.15, 0.2) is 22.7 Å². The van der Waals surface area contributed by atoms with E-state index in [4.69, 9.17) is 9.47 Å². The Morgan fingerprint density at radius 3 is 2.62 bits per heavy atom. The summed E-state index contributed by atoms with van der Waals surface area (Å²) in [4.78, 5) is 0. The van der Waals surface area contributed by atoms with Crippen LogP contribution in [-0.4, -0.2) is 27.1 Å². The lowest BCUT2D eigenvalue weighted by molar-refractivity contribution is -0.0989. The van der Waals surface area contributed by atoms with Crippen molar-refractivity contribution in [1.29, 1.82) is 0 Å². The summed E-state index contributed by atoms with van der Waals surface area (Å²) in [5.74, 6) is 0. The van der Waals surface area contributed by atoms with Crippen molar-refractivity contribution in [3.05, 3.63) is 33.8 Å². The molecule has 0 aliphatic rings. The number of nitrogens with one attached hydrogen (secondary N) is 1. The highest BCUT2D eigenvalue weighted by Crippen LogP contribution is 2.19. The zero-order valence-corrected chi connectivity index (χ0v) is 11.5. The molecule has 0 amide bonds. The van der Waals surface area contributed by atoms with E-state index < -0.39 is 0 Å². The van der Waals surface area contributed by atoms with Gasteiger partial charge in [-0.1, -0.05) is 28.1 Å². The number of ether oxygens (including phenoxy) is 2. The van der Waals surface area contributed by atoms with E-state index in [2.05, 4.69) is 34.2 Å². The summed E-state index contributed by atoms with van der Waals surface area (Å²) in [6.45, 7) is 3.60. The van der Waals surface area contributed by atoms with Crippen LogP contribution in [0, 0.1) is 6.92 Å². The van der Waals surface area contributed by atoms with Crippen LogP contribution in [-0.2, 0) is 16.0 Å². The van der Waals surface area contributed by atoms with E-state index in [1.807, 2.05) is 12.1 Å². The molecule has 90 valence electrons. The molecule has 0 radical (unpaired) electrons. The van der Waals surface area contributed by atoms with Gasteiger partial charge in [0.1, 0.15) is 0 Å². The van der Waals surface area contributed by atoms with Crippen LogP contribution in [0.2, 0.25) is 0 Å². The quantitative estimate of drug-likeness (QED) is 0.816. The summed E-state index contributed by atoms with van der Waals surface area (Å²) in [5.41, 5.74) is 2.54. The molecule has 1 aromatic carbocycles. The zero-order chi connectivity index (χ0) is 12.0. The van der Waals surface area contributed by atoms with Gasteiger partial charge >= 0.3 is 0 Å². The third-order valence-corrected chi connectivity index (χ3v) is 3.39. The van der Waals surface area contributed by atoms with Crippen molar-refractivity contribution >= 4 is 15.9 Å². The maximum atomic E-state index is 5.10. The highest BCUT2D eigenvalue weighted by atomic mass is 79.9. The molecule has 16 heavy (non-hydrogen) atoms. The summed E-state index contributed by atoms with van der Waals surface area (Å²) in [6, 6.07) is 6.20. The topological polar surface area (TPSA) is 30.5 Å². The Morgan fingerprint density at radius 1 is 1.31 bits per heavy atom. The molecule has 0 aromatic heterocycles. The second-order valence-corrected chi connectivity index (χ2v) is 4.41. The van der Waals surface area contributed by atoms with E-state index in [-0.39, 0.29) is 6.29 Å². The van der Waals surface area contributed by atoms with Crippen LogP contribution < -0.4 is 5.32 Å². The van der Waals surface area contributed by atoms with Crippen molar-refractivity contribution in [3.63, 3.8) is 0 Å². The minimum absolute atomic E-state index is 0.188. The largest absolute Gasteiger partial charge is 0.355 e. The van der Waals surface area contributed by atoms with Crippen LogP contribution in [0.5, 0.6) is 0 Å². The highest BCUT2D eigenvalue weighted by molar-refractivity contribution is 9.10. The Kier molecular flexibility index (Phi) is 5.98. The van der Waals surface area contributed by atoms with Gasteiger partial charge in [0.2, 0.25) is 0 Å². The fourth-order valence-electron chi connectivity index (χ4n) is 1.43. The van der Waals surface area contributed by atoms with Crippen LogP contribution >= 0.6 is 15.9 Å². The molecule has 1 aromatic rings. The standard InChI is InChI=1S/C12H18BrNO2/c1-9-10(5-4-6-11(9)13)7-14-8-12(15-2)16-3/h4-6,12,14H,7-8H2,1-3H3. The van der Waals surface area contributed by atoms with Gasteiger partial charge in [0, 0.05) is 31.8 Å². The molecule has 0 aliphatic carbocycles. The molecule has 0 bridgehead atoms. The number of benzene rings is 1. The minimum atomic E-state index is -0.188. The predicted molar refractivity (Wildman–Crippen MR) is 68.4 cm³/mol. The summed E-state index contributed by atoms with van der Waals surface area (Å²) in [6.07, 6.45) is -0.188. The molecule has 0 saturated heterocycles. The zero-order valence-electron chi connectivity index (χ0n) is 9.92. The molecule has 0 atom stereocenters. The van der Waals surface area contributed by atoms with Gasteiger partial charge in [-0.2, -0.15) is 0 Å². The van der Waals surface area contributed by atoms with Crippen molar-refractivity contribution in [1.82, 2.24) is 5.32 Å². The van der Waals surface area contributed by atoms with Crippen LogP contribution in [0.3, 0.4) is 0 Å². The molecule has 0 fully saturated rings. The number of hydrogen-bond acceptors (Lipinski definition) is 3. The van der Waals surface area contributed by atoms with Crippen LogP contribution in [0.4, 0.5) is 0 Å².